The van der Waals surface area contributed by atoms with E-state index in [1.807, 2.05) is 49.3 Å². The van der Waals surface area contributed by atoms with Crippen molar-refractivity contribution in [3.63, 3.8) is 0 Å². The molecule has 2 aromatic rings. The largest absolute Gasteiger partial charge is 0.479 e. The minimum atomic E-state index is -1.04. The fraction of sp³-hybridized carbons (Fsp3) is 0.400. The summed E-state index contributed by atoms with van der Waals surface area (Å²) in [6.45, 7) is 3.40. The van der Waals surface area contributed by atoms with Crippen molar-refractivity contribution >= 4 is 16.9 Å². The molecule has 0 amide bonds. The predicted octanol–water partition coefficient (Wildman–Crippen LogP) is 1.59. The Morgan fingerprint density at radius 1 is 1.45 bits per heavy atom. The van der Waals surface area contributed by atoms with Gasteiger partial charge in [0, 0.05) is 36.1 Å². The second kappa shape index (κ2) is 4.61. The summed E-state index contributed by atoms with van der Waals surface area (Å²) >= 11 is 0. The van der Waals surface area contributed by atoms with Crippen LogP contribution in [0.1, 0.15) is 18.4 Å². The number of carbonyl (C=O) groups is 1. The quantitative estimate of drug-likeness (QED) is 0.794. The minimum absolute atomic E-state index is 0.163. The van der Waals surface area contributed by atoms with Gasteiger partial charge in [0.05, 0.1) is 0 Å². The number of carboxylic acid groups (broad SMARTS) is 1. The molecular weight excluding hydrogens is 254 g/mol. The van der Waals surface area contributed by atoms with Crippen LogP contribution >= 0.6 is 0 Å². The molecule has 1 aliphatic heterocycles. The molecule has 0 spiro atoms. The summed E-state index contributed by atoms with van der Waals surface area (Å²) in [5, 5.41) is 14.0. The predicted molar refractivity (Wildman–Crippen MR) is 77.7 cm³/mol. The monoisotopic (exact) mass is 273 g/mol. The number of hydrogen-bond donors (Lipinski definition) is 3. The third-order valence-corrected chi connectivity index (χ3v) is 4.48. The van der Waals surface area contributed by atoms with Gasteiger partial charge in [0.15, 0.2) is 5.66 Å². The van der Waals surface area contributed by atoms with Crippen LogP contribution in [0.3, 0.4) is 0 Å². The van der Waals surface area contributed by atoms with E-state index in [4.69, 9.17) is 0 Å². The maximum atomic E-state index is 11.9. The molecule has 3 N–H and O–H groups in total. The van der Waals surface area contributed by atoms with E-state index in [9.17, 15) is 9.90 Å². The van der Waals surface area contributed by atoms with Crippen LogP contribution in [0.25, 0.3) is 10.9 Å². The molecule has 3 rings (SSSR count). The van der Waals surface area contributed by atoms with E-state index in [2.05, 4.69) is 10.3 Å². The molecule has 1 saturated heterocycles. The zero-order valence-corrected chi connectivity index (χ0v) is 11.7. The van der Waals surface area contributed by atoms with Crippen molar-refractivity contribution < 1.29 is 9.90 Å². The number of aromatic amines is 1. The summed E-state index contributed by atoms with van der Waals surface area (Å²) in [6, 6.07) is 7.98. The highest BCUT2D eigenvalue weighted by molar-refractivity contribution is 5.86. The molecule has 0 bridgehead atoms. The molecular formula is C15H19N3O2. The van der Waals surface area contributed by atoms with Crippen LogP contribution in [0.15, 0.2) is 30.5 Å². The summed E-state index contributed by atoms with van der Waals surface area (Å²) < 4.78 is 0. The van der Waals surface area contributed by atoms with Crippen molar-refractivity contribution in [2.24, 2.45) is 0 Å². The molecule has 1 fully saturated rings. The molecule has 20 heavy (non-hydrogen) atoms. The zero-order valence-electron chi connectivity index (χ0n) is 11.7. The average Bonchev–Trinajstić information content (AvgIpc) is 3.02. The van der Waals surface area contributed by atoms with Crippen molar-refractivity contribution in [2.75, 3.05) is 20.1 Å². The topological polar surface area (TPSA) is 68.4 Å². The van der Waals surface area contributed by atoms with Crippen LogP contribution in [0.5, 0.6) is 0 Å². The lowest BCUT2D eigenvalue weighted by Gasteiger charge is -2.37. The Labute approximate surface area is 117 Å². The number of benzene rings is 1. The molecule has 0 radical (unpaired) electrons. The van der Waals surface area contributed by atoms with E-state index in [-0.39, 0.29) is 5.92 Å². The first kappa shape index (κ1) is 13.1. The first-order valence-electron chi connectivity index (χ1n) is 6.83. The average molecular weight is 273 g/mol. The number of hydrogen-bond acceptors (Lipinski definition) is 3. The van der Waals surface area contributed by atoms with Gasteiger partial charge in [-0.1, -0.05) is 25.1 Å². The Morgan fingerprint density at radius 2 is 2.20 bits per heavy atom. The molecule has 1 aliphatic rings. The number of aromatic nitrogens is 1. The van der Waals surface area contributed by atoms with Crippen molar-refractivity contribution in [2.45, 2.75) is 18.5 Å². The normalized spacial score (nSPS) is 25.1. The number of rotatable bonds is 3. The summed E-state index contributed by atoms with van der Waals surface area (Å²) in [5.41, 5.74) is 1.03. The van der Waals surface area contributed by atoms with Gasteiger partial charge in [-0.25, -0.2) is 4.79 Å². The second-order valence-electron chi connectivity index (χ2n) is 5.43. The number of carboxylic acids is 1. The molecule has 5 heteroatoms. The van der Waals surface area contributed by atoms with Gasteiger partial charge in [0.2, 0.25) is 0 Å². The SMILES string of the molecule is CC(c1c[nH]c2ccccc12)C1(C(=O)O)NCCN1C. The second-order valence-corrected chi connectivity index (χ2v) is 5.43. The molecule has 2 unspecified atom stereocenters. The first-order chi connectivity index (χ1) is 9.57. The number of H-pyrrole nitrogens is 1. The number of aliphatic carboxylic acids is 1. The van der Waals surface area contributed by atoms with E-state index in [1.165, 1.54) is 0 Å². The van der Waals surface area contributed by atoms with Gasteiger partial charge >= 0.3 is 5.97 Å². The maximum Gasteiger partial charge on any atom is 0.339 e. The fourth-order valence-corrected chi connectivity index (χ4v) is 3.31. The van der Waals surface area contributed by atoms with Gasteiger partial charge in [0.25, 0.3) is 0 Å². The third-order valence-electron chi connectivity index (χ3n) is 4.48. The molecule has 2 heterocycles. The zero-order chi connectivity index (χ0) is 14.3. The molecule has 2 atom stereocenters. The molecule has 5 nitrogen and oxygen atoms in total. The molecule has 0 aliphatic carbocycles. The maximum absolute atomic E-state index is 11.9. The van der Waals surface area contributed by atoms with Crippen molar-refractivity contribution in [3.05, 3.63) is 36.0 Å². The highest BCUT2D eigenvalue weighted by atomic mass is 16.4. The number of para-hydroxylation sites is 1. The Morgan fingerprint density at radius 3 is 2.85 bits per heavy atom. The van der Waals surface area contributed by atoms with Gasteiger partial charge < -0.3 is 10.1 Å². The number of fused-ring (bicyclic) bond motifs is 1. The van der Waals surface area contributed by atoms with Gasteiger partial charge in [-0.2, -0.15) is 0 Å². The Kier molecular flexibility index (Phi) is 3.03. The van der Waals surface area contributed by atoms with Gasteiger partial charge in [0.1, 0.15) is 0 Å². The standard InChI is InChI=1S/C15H19N3O2/c1-10(15(14(19)20)17-7-8-18(15)2)12-9-16-13-6-4-3-5-11(12)13/h3-6,9-10,16-17H,7-8H2,1-2H3,(H,19,20). The Balaban J connectivity index is 2.11. The van der Waals surface area contributed by atoms with Gasteiger partial charge in [-0.05, 0) is 18.7 Å². The van der Waals surface area contributed by atoms with Crippen molar-refractivity contribution in [1.82, 2.24) is 15.2 Å². The minimum Gasteiger partial charge on any atom is -0.479 e. The lowest BCUT2D eigenvalue weighted by Crippen LogP contribution is -2.59. The number of nitrogens with zero attached hydrogens (tertiary/aromatic N) is 1. The highest BCUT2D eigenvalue weighted by Crippen LogP contribution is 2.36. The van der Waals surface area contributed by atoms with E-state index in [0.29, 0.717) is 6.54 Å². The van der Waals surface area contributed by atoms with Crippen LogP contribution in [-0.4, -0.2) is 46.8 Å². The lowest BCUT2D eigenvalue weighted by atomic mass is 9.86. The van der Waals surface area contributed by atoms with Crippen LogP contribution < -0.4 is 5.32 Å². The van der Waals surface area contributed by atoms with Crippen molar-refractivity contribution in [1.29, 1.82) is 0 Å². The lowest BCUT2D eigenvalue weighted by molar-refractivity contribution is -0.151. The van der Waals surface area contributed by atoms with Crippen LogP contribution in [0.4, 0.5) is 0 Å². The first-order valence-corrected chi connectivity index (χ1v) is 6.83. The summed E-state index contributed by atoms with van der Waals surface area (Å²) in [6.07, 6.45) is 1.92. The summed E-state index contributed by atoms with van der Waals surface area (Å²) in [5.74, 6) is -0.987. The smallest absolute Gasteiger partial charge is 0.339 e. The van der Waals surface area contributed by atoms with Crippen molar-refractivity contribution in [3.8, 4) is 0 Å². The van der Waals surface area contributed by atoms with E-state index >= 15 is 0 Å². The van der Waals surface area contributed by atoms with E-state index < -0.39 is 11.6 Å². The summed E-state index contributed by atoms with van der Waals surface area (Å²) in [4.78, 5) is 17.0. The Bertz CT molecular complexity index is 651. The van der Waals surface area contributed by atoms with Gasteiger partial charge in [-0.3, -0.25) is 10.2 Å². The molecule has 1 aromatic carbocycles. The number of nitrogens with one attached hydrogen (secondary N) is 2. The molecule has 106 valence electrons. The van der Waals surface area contributed by atoms with Gasteiger partial charge in [-0.15, -0.1) is 0 Å². The third kappa shape index (κ3) is 1.67. The van der Waals surface area contributed by atoms with Crippen LogP contribution in [0.2, 0.25) is 0 Å². The Hall–Kier alpha value is -1.85. The summed E-state index contributed by atoms with van der Waals surface area (Å²) in [7, 11) is 1.86. The fourth-order valence-electron chi connectivity index (χ4n) is 3.31. The van der Waals surface area contributed by atoms with Crippen LogP contribution in [-0.2, 0) is 4.79 Å². The number of likely N-dealkylation sites (N-methyl/N-ethyl adjacent to an activating group) is 1. The highest BCUT2D eigenvalue weighted by Gasteiger charge is 2.51. The van der Waals surface area contributed by atoms with E-state index in [0.717, 1.165) is 23.0 Å². The molecule has 0 saturated carbocycles. The molecule has 1 aromatic heterocycles. The van der Waals surface area contributed by atoms with E-state index in [1.54, 1.807) is 0 Å². The van der Waals surface area contributed by atoms with Crippen LogP contribution in [0, 0.1) is 0 Å².